The normalized spacial score (nSPS) is 9.81. The molecule has 0 aliphatic rings. The van der Waals surface area contributed by atoms with Gasteiger partial charge in [0.15, 0.2) is 0 Å². The topological polar surface area (TPSA) is 9.23 Å². The Morgan fingerprint density at radius 2 is 1.62 bits per heavy atom. The molecule has 2 aromatic carbocycles. The van der Waals surface area contributed by atoms with Crippen LogP contribution >= 0.6 is 0 Å². The van der Waals surface area contributed by atoms with E-state index in [0.29, 0.717) is 5.75 Å². The average Bonchev–Trinajstić information content (AvgIpc) is 2.30. The average molecular weight is 250 g/mol. The first-order valence-corrected chi connectivity index (χ1v) is 7.26. The molecule has 2 rings (SSSR count). The van der Waals surface area contributed by atoms with Gasteiger partial charge in [0.1, 0.15) is 0 Å². The first-order chi connectivity index (χ1) is 7.75. The zero-order chi connectivity index (χ0) is 11.4. The maximum absolute atomic E-state index is 12.8. The Morgan fingerprint density at radius 1 is 0.938 bits per heavy atom. The zero-order valence-electron chi connectivity index (χ0n) is 8.69. The summed E-state index contributed by atoms with van der Waals surface area (Å²) in [6, 6.07) is 17.4. The third-order valence-electron chi connectivity index (χ3n) is 2.17. The van der Waals surface area contributed by atoms with E-state index in [4.69, 9.17) is 3.32 Å². The fourth-order valence-electron chi connectivity index (χ4n) is 1.50. The molecular weight excluding hydrogens is 239 g/mol. The van der Waals surface area contributed by atoms with Crippen molar-refractivity contribution in [2.24, 2.45) is 0 Å². The van der Waals surface area contributed by atoms with Crippen molar-refractivity contribution in [3.63, 3.8) is 0 Å². The third kappa shape index (κ3) is 2.88. The zero-order valence-corrected chi connectivity index (χ0v) is 10.3. The number of halogens is 1. The van der Waals surface area contributed by atoms with E-state index in [1.165, 1.54) is 0 Å². The number of rotatable bonds is 3. The summed E-state index contributed by atoms with van der Waals surface area (Å²) in [5.74, 6) is 0.564. The van der Waals surface area contributed by atoms with Gasteiger partial charge in [-0.15, -0.1) is 0 Å². The molecule has 0 atom stereocenters. The molecule has 0 amide bonds. The molecule has 0 fully saturated rings. The van der Waals surface area contributed by atoms with Gasteiger partial charge in [0.25, 0.3) is 0 Å². The van der Waals surface area contributed by atoms with E-state index in [2.05, 4.69) is 4.82 Å². The van der Waals surface area contributed by atoms with E-state index in [0.717, 1.165) is 11.1 Å². The molecule has 0 N–H and O–H groups in total. The molecule has 0 unspecified atom stereocenters. The van der Waals surface area contributed by atoms with Crippen molar-refractivity contribution in [3.8, 4) is 16.9 Å². The van der Waals surface area contributed by atoms with E-state index < -0.39 is 18.3 Å². The van der Waals surface area contributed by atoms with Crippen LogP contribution in [0.5, 0.6) is 5.75 Å². The van der Waals surface area contributed by atoms with Crippen molar-refractivity contribution < 1.29 is 24.7 Å². The minimum atomic E-state index is -3.01. The molecule has 80 valence electrons. The molecular formula is C13H11FOTi. The summed E-state index contributed by atoms with van der Waals surface area (Å²) in [5.41, 5.74) is 2.12. The summed E-state index contributed by atoms with van der Waals surface area (Å²) in [7, 11) is 0. The van der Waals surface area contributed by atoms with Gasteiger partial charge >= 0.3 is 101 Å². The van der Waals surface area contributed by atoms with Crippen LogP contribution in [-0.4, -0.2) is 4.82 Å². The molecule has 3 heteroatoms. The summed E-state index contributed by atoms with van der Waals surface area (Å²) in [6.07, 6.45) is 0. The third-order valence-corrected chi connectivity index (χ3v) is 2.88. The van der Waals surface area contributed by atoms with Gasteiger partial charge in [0.2, 0.25) is 0 Å². The van der Waals surface area contributed by atoms with Crippen molar-refractivity contribution in [2.75, 3.05) is 0 Å². The molecule has 1 nitrogen and oxygen atoms in total. The molecule has 0 heterocycles. The predicted octanol–water partition coefficient (Wildman–Crippen LogP) is 3.58. The molecule has 0 aliphatic heterocycles. The van der Waals surface area contributed by atoms with Crippen molar-refractivity contribution in [1.82, 2.24) is 0 Å². The minimum absolute atomic E-state index is 0.564. The summed E-state index contributed by atoms with van der Waals surface area (Å²) >= 11 is -3.01. The van der Waals surface area contributed by atoms with Crippen LogP contribution in [0.3, 0.4) is 0 Å². The van der Waals surface area contributed by atoms with Gasteiger partial charge in [-0.25, -0.2) is 0 Å². The first kappa shape index (κ1) is 11.2. The quantitative estimate of drug-likeness (QED) is 0.756. The van der Waals surface area contributed by atoms with Crippen molar-refractivity contribution in [3.05, 3.63) is 54.6 Å². The molecule has 16 heavy (non-hydrogen) atoms. The standard InChI is InChI=1S/C12H10O.CH2.FH.Ti/c13-12-8-4-7-11(9-12)10-5-2-1-3-6-10;;;/h1-9,13H;1H2;1H;/q;;;+2/p-2. The predicted molar refractivity (Wildman–Crippen MR) is 60.7 cm³/mol. The second-order valence-electron chi connectivity index (χ2n) is 3.35. The summed E-state index contributed by atoms with van der Waals surface area (Å²) in [6.45, 7) is 0. The Hall–Kier alpha value is -1.25. The van der Waals surface area contributed by atoms with Crippen molar-refractivity contribution >= 4 is 4.82 Å². The SMILES string of the molecule is [CH2]=[Ti]([F])[O]c1cccc(-c2ccccc2)c1. The molecule has 0 bridgehead atoms. The Bertz CT molecular complexity index is 496. The van der Waals surface area contributed by atoms with Gasteiger partial charge in [0.05, 0.1) is 0 Å². The van der Waals surface area contributed by atoms with Gasteiger partial charge in [-0.3, -0.25) is 0 Å². The first-order valence-electron chi connectivity index (χ1n) is 4.93. The molecule has 0 saturated carbocycles. The van der Waals surface area contributed by atoms with Gasteiger partial charge in [0, 0.05) is 0 Å². The van der Waals surface area contributed by atoms with E-state index in [-0.39, 0.29) is 0 Å². The fraction of sp³-hybridized carbons (Fsp3) is 0. The fourth-order valence-corrected chi connectivity index (χ4v) is 2.10. The van der Waals surface area contributed by atoms with Crippen LogP contribution in [0.25, 0.3) is 11.1 Å². The van der Waals surface area contributed by atoms with E-state index in [1.54, 1.807) is 6.07 Å². The van der Waals surface area contributed by atoms with Crippen LogP contribution in [0.15, 0.2) is 54.6 Å². The Morgan fingerprint density at radius 3 is 2.31 bits per heavy atom. The molecule has 0 aromatic heterocycles. The van der Waals surface area contributed by atoms with Crippen LogP contribution < -0.4 is 3.32 Å². The molecule has 0 radical (unpaired) electrons. The Labute approximate surface area is 101 Å². The molecule has 2 aromatic rings. The number of hydrogen-bond donors (Lipinski definition) is 0. The molecule has 0 saturated heterocycles. The number of benzene rings is 2. The number of hydrogen-bond acceptors (Lipinski definition) is 1. The van der Waals surface area contributed by atoms with Gasteiger partial charge in [-0.05, 0) is 0 Å². The molecule has 0 aliphatic carbocycles. The van der Waals surface area contributed by atoms with Crippen LogP contribution in [0, 0.1) is 0 Å². The monoisotopic (exact) mass is 250 g/mol. The van der Waals surface area contributed by atoms with Gasteiger partial charge in [-0.1, -0.05) is 0 Å². The maximum atomic E-state index is 12.8. The van der Waals surface area contributed by atoms with Crippen LogP contribution in [0.2, 0.25) is 0 Å². The van der Waals surface area contributed by atoms with E-state index in [9.17, 15) is 3.09 Å². The van der Waals surface area contributed by atoms with Gasteiger partial charge < -0.3 is 0 Å². The molecule has 0 spiro atoms. The summed E-state index contributed by atoms with van der Waals surface area (Å²) in [5, 5.41) is 0. The van der Waals surface area contributed by atoms with E-state index >= 15 is 0 Å². The summed E-state index contributed by atoms with van der Waals surface area (Å²) < 4.78 is 17.8. The van der Waals surface area contributed by atoms with Crippen LogP contribution in [0.4, 0.5) is 3.09 Å². The second kappa shape index (κ2) is 5.19. The van der Waals surface area contributed by atoms with Gasteiger partial charge in [-0.2, -0.15) is 0 Å². The van der Waals surface area contributed by atoms with E-state index in [1.807, 2.05) is 48.5 Å². The van der Waals surface area contributed by atoms with Crippen LogP contribution in [-0.2, 0) is 18.3 Å². The Balaban J connectivity index is 2.33. The van der Waals surface area contributed by atoms with Crippen molar-refractivity contribution in [1.29, 1.82) is 0 Å². The van der Waals surface area contributed by atoms with Crippen LogP contribution in [0.1, 0.15) is 0 Å². The second-order valence-corrected chi connectivity index (χ2v) is 4.78. The van der Waals surface area contributed by atoms with Crippen molar-refractivity contribution in [2.45, 2.75) is 0 Å². The Kier molecular flexibility index (Phi) is 3.65. The summed E-state index contributed by atoms with van der Waals surface area (Å²) in [4.78, 5) is 3.31.